The van der Waals surface area contributed by atoms with Crippen LogP contribution >= 0.6 is 0 Å². The molecule has 1 heterocycles. The maximum atomic E-state index is 13.1. The van der Waals surface area contributed by atoms with E-state index in [1.54, 1.807) is 6.92 Å². The second kappa shape index (κ2) is 5.57. The maximum absolute atomic E-state index is 13.1. The summed E-state index contributed by atoms with van der Waals surface area (Å²) >= 11 is 0. The van der Waals surface area contributed by atoms with E-state index in [0.29, 0.717) is 0 Å². The molecule has 0 spiro atoms. The first-order valence-corrected chi connectivity index (χ1v) is 5.81. The van der Waals surface area contributed by atoms with Crippen LogP contribution < -0.4 is 5.73 Å². The Morgan fingerprint density at radius 1 is 1.57 bits per heavy atom. The van der Waals surface area contributed by atoms with Gasteiger partial charge < -0.3 is 14.9 Å². The number of nitro benzene ring substituents is 1. The van der Waals surface area contributed by atoms with E-state index in [-0.39, 0.29) is 29.6 Å². The first-order chi connectivity index (χ1) is 9.93. The zero-order valence-corrected chi connectivity index (χ0v) is 10.8. The lowest BCUT2D eigenvalue weighted by Crippen LogP contribution is -2.07. The van der Waals surface area contributed by atoms with Crippen LogP contribution in [-0.4, -0.2) is 22.5 Å². The summed E-state index contributed by atoms with van der Waals surface area (Å²) in [5.41, 5.74) is 4.56. The first kappa shape index (κ1) is 14.4. The molecule has 0 radical (unpaired) electrons. The number of oxazole rings is 1. The average Bonchev–Trinajstić information content (AvgIpc) is 2.80. The van der Waals surface area contributed by atoms with Gasteiger partial charge in [0.15, 0.2) is 0 Å². The number of carbonyl (C=O) groups is 1. The van der Waals surface area contributed by atoms with Crippen molar-refractivity contribution in [2.45, 2.75) is 6.92 Å². The van der Waals surface area contributed by atoms with Crippen LogP contribution in [0.1, 0.15) is 17.4 Å². The molecule has 1 aromatic carbocycles. The number of anilines is 1. The number of nitrogen functional groups attached to an aromatic ring is 1. The van der Waals surface area contributed by atoms with E-state index in [1.165, 1.54) is 0 Å². The molecule has 0 unspecified atom stereocenters. The van der Waals surface area contributed by atoms with Gasteiger partial charge in [-0.1, -0.05) is 0 Å². The number of nitro groups is 1. The lowest BCUT2D eigenvalue weighted by molar-refractivity contribution is -0.384. The van der Waals surface area contributed by atoms with Gasteiger partial charge in [-0.3, -0.25) is 10.1 Å². The fourth-order valence-corrected chi connectivity index (χ4v) is 1.63. The maximum Gasteiger partial charge on any atom is 0.362 e. The Hall–Kier alpha value is -2.97. The van der Waals surface area contributed by atoms with Crippen LogP contribution in [0.15, 0.2) is 22.6 Å². The molecule has 9 heteroatoms. The summed E-state index contributed by atoms with van der Waals surface area (Å²) in [5, 5.41) is 10.9. The van der Waals surface area contributed by atoms with E-state index in [9.17, 15) is 19.3 Å². The lowest BCUT2D eigenvalue weighted by Gasteiger charge is -1.98. The van der Waals surface area contributed by atoms with Gasteiger partial charge in [0.25, 0.3) is 5.69 Å². The Balaban J connectivity index is 2.51. The van der Waals surface area contributed by atoms with Crippen LogP contribution in [0, 0.1) is 15.9 Å². The Morgan fingerprint density at radius 2 is 2.29 bits per heavy atom. The Kier molecular flexibility index (Phi) is 3.83. The monoisotopic (exact) mass is 295 g/mol. The molecule has 2 N–H and O–H groups in total. The summed E-state index contributed by atoms with van der Waals surface area (Å²) in [7, 11) is 0. The minimum absolute atomic E-state index is 0.0938. The second-order valence-corrected chi connectivity index (χ2v) is 3.87. The zero-order valence-electron chi connectivity index (χ0n) is 10.8. The number of carbonyl (C=O) groups excluding carboxylic acids is 1. The van der Waals surface area contributed by atoms with Crippen LogP contribution in [-0.2, 0) is 4.74 Å². The fourth-order valence-electron chi connectivity index (χ4n) is 1.63. The number of nitrogens with zero attached hydrogens (tertiary/aromatic N) is 2. The molecule has 21 heavy (non-hydrogen) atoms. The predicted molar refractivity (Wildman–Crippen MR) is 68.9 cm³/mol. The van der Waals surface area contributed by atoms with Crippen molar-refractivity contribution < 1.29 is 23.3 Å². The third-order valence-electron chi connectivity index (χ3n) is 2.51. The molecule has 0 bridgehead atoms. The van der Waals surface area contributed by atoms with E-state index in [2.05, 4.69) is 4.98 Å². The third-order valence-corrected chi connectivity index (χ3v) is 2.51. The second-order valence-electron chi connectivity index (χ2n) is 3.87. The van der Waals surface area contributed by atoms with Gasteiger partial charge in [-0.25, -0.2) is 9.18 Å². The highest BCUT2D eigenvalue weighted by molar-refractivity contribution is 5.92. The molecule has 0 saturated heterocycles. The molecule has 0 atom stereocenters. The molecule has 1 aromatic heterocycles. The van der Waals surface area contributed by atoms with Gasteiger partial charge >= 0.3 is 5.97 Å². The van der Waals surface area contributed by atoms with Crippen molar-refractivity contribution in [3.05, 3.63) is 39.8 Å². The van der Waals surface area contributed by atoms with E-state index in [4.69, 9.17) is 14.9 Å². The van der Waals surface area contributed by atoms with Crippen LogP contribution in [0.2, 0.25) is 0 Å². The van der Waals surface area contributed by atoms with E-state index in [1.807, 2.05) is 0 Å². The quantitative estimate of drug-likeness (QED) is 0.521. The van der Waals surface area contributed by atoms with Crippen molar-refractivity contribution in [2.75, 3.05) is 12.3 Å². The largest absolute Gasteiger partial charge is 0.461 e. The SMILES string of the molecule is CCOC(=O)c1nc(-c2ccc(F)cc2[N+](=O)[O-])oc1N. The number of benzene rings is 1. The normalized spacial score (nSPS) is 10.4. The van der Waals surface area contributed by atoms with Gasteiger partial charge in [0.1, 0.15) is 11.4 Å². The van der Waals surface area contributed by atoms with Gasteiger partial charge in [0, 0.05) is 0 Å². The molecule has 110 valence electrons. The number of ether oxygens (including phenoxy) is 1. The number of halogens is 1. The molecule has 0 saturated carbocycles. The van der Waals surface area contributed by atoms with E-state index in [0.717, 1.165) is 18.2 Å². The van der Waals surface area contributed by atoms with Gasteiger partial charge in [-0.2, -0.15) is 4.98 Å². The Morgan fingerprint density at radius 3 is 2.90 bits per heavy atom. The van der Waals surface area contributed by atoms with Gasteiger partial charge in [-0.05, 0) is 19.1 Å². The number of nitrogens with two attached hydrogens (primary N) is 1. The molecule has 2 aromatic rings. The highest BCUT2D eigenvalue weighted by atomic mass is 19.1. The van der Waals surface area contributed by atoms with Crippen LogP contribution in [0.25, 0.3) is 11.5 Å². The number of aromatic nitrogens is 1. The minimum atomic E-state index is -0.810. The van der Waals surface area contributed by atoms with Crippen molar-refractivity contribution in [3.63, 3.8) is 0 Å². The van der Waals surface area contributed by atoms with E-state index >= 15 is 0 Å². The Bertz CT molecular complexity index is 713. The predicted octanol–water partition coefficient (Wildman–Crippen LogP) is 2.15. The first-order valence-electron chi connectivity index (χ1n) is 5.81. The molecule has 0 aliphatic rings. The molecule has 8 nitrogen and oxygen atoms in total. The lowest BCUT2D eigenvalue weighted by atomic mass is 10.2. The van der Waals surface area contributed by atoms with Gasteiger partial charge in [-0.15, -0.1) is 0 Å². The Labute approximate surface area is 117 Å². The van der Waals surface area contributed by atoms with Crippen molar-refractivity contribution in [3.8, 4) is 11.5 Å². The molecule has 0 amide bonds. The highest BCUT2D eigenvalue weighted by Gasteiger charge is 2.25. The van der Waals surface area contributed by atoms with Crippen LogP contribution in [0.5, 0.6) is 0 Å². The fraction of sp³-hybridized carbons (Fsp3) is 0.167. The summed E-state index contributed by atoms with van der Waals surface area (Å²) in [6, 6.07) is 2.85. The average molecular weight is 295 g/mol. The molecular formula is C12H10FN3O5. The van der Waals surface area contributed by atoms with Gasteiger partial charge in [0.05, 0.1) is 17.6 Å². The van der Waals surface area contributed by atoms with Crippen molar-refractivity contribution >= 4 is 17.5 Å². The summed E-state index contributed by atoms with van der Waals surface area (Å²) < 4.78 is 22.8. The highest BCUT2D eigenvalue weighted by Crippen LogP contribution is 2.32. The summed E-state index contributed by atoms with van der Waals surface area (Å²) in [4.78, 5) is 25.5. The van der Waals surface area contributed by atoms with Crippen molar-refractivity contribution in [1.29, 1.82) is 0 Å². The topological polar surface area (TPSA) is 121 Å². The molecular weight excluding hydrogens is 285 g/mol. The van der Waals surface area contributed by atoms with Crippen LogP contribution in [0.3, 0.4) is 0 Å². The third kappa shape index (κ3) is 2.81. The number of hydrogen-bond acceptors (Lipinski definition) is 7. The molecule has 0 fully saturated rings. The van der Waals surface area contributed by atoms with E-state index < -0.39 is 22.4 Å². The summed E-state index contributed by atoms with van der Waals surface area (Å²) in [6.45, 7) is 1.71. The molecule has 2 rings (SSSR count). The van der Waals surface area contributed by atoms with Crippen molar-refractivity contribution in [2.24, 2.45) is 0 Å². The minimum Gasteiger partial charge on any atom is -0.461 e. The summed E-state index contributed by atoms with van der Waals surface area (Å²) in [5.74, 6) is -2.19. The summed E-state index contributed by atoms with van der Waals surface area (Å²) in [6.07, 6.45) is 0. The zero-order chi connectivity index (χ0) is 15.6. The van der Waals surface area contributed by atoms with Crippen LogP contribution in [0.4, 0.5) is 16.0 Å². The smallest absolute Gasteiger partial charge is 0.362 e. The van der Waals surface area contributed by atoms with Crippen molar-refractivity contribution in [1.82, 2.24) is 4.98 Å². The standard InChI is InChI=1S/C12H10FN3O5/c1-2-20-12(17)9-10(14)21-11(15-9)7-4-3-6(13)5-8(7)16(18)19/h3-5H,2,14H2,1H3. The number of esters is 1. The number of hydrogen-bond donors (Lipinski definition) is 1. The molecule has 0 aliphatic heterocycles. The number of rotatable bonds is 4. The van der Waals surface area contributed by atoms with Gasteiger partial charge in [0.2, 0.25) is 17.5 Å². The molecule has 0 aliphatic carbocycles.